The highest BCUT2D eigenvalue weighted by molar-refractivity contribution is 5.68. The number of amides is 1. The molecule has 0 bridgehead atoms. The van der Waals surface area contributed by atoms with E-state index in [4.69, 9.17) is 4.74 Å². The largest absolute Gasteiger partial charge is 0.450 e. The molecule has 1 aliphatic carbocycles. The van der Waals surface area contributed by atoms with Crippen LogP contribution in [0.5, 0.6) is 0 Å². The van der Waals surface area contributed by atoms with Crippen molar-refractivity contribution in [3.8, 4) is 0 Å². The van der Waals surface area contributed by atoms with Gasteiger partial charge in [-0.3, -0.25) is 0 Å². The molecule has 0 aliphatic heterocycles. The molecule has 3 heteroatoms. The standard InChI is InChI=1S/C16H31NO2/c1-5-6-7-10-13-19-14(18)17-16(4)12-9-8-11-15(16,2)3/h5-13H2,1-4H3,(H,17,18). The van der Waals surface area contributed by atoms with Crippen LogP contribution in [0.3, 0.4) is 0 Å². The van der Waals surface area contributed by atoms with E-state index in [2.05, 4.69) is 33.0 Å². The molecule has 19 heavy (non-hydrogen) atoms. The second kappa shape index (κ2) is 7.16. The first-order valence-electron chi connectivity index (χ1n) is 7.86. The molecule has 1 aliphatic rings. The number of nitrogens with one attached hydrogen (secondary N) is 1. The third kappa shape index (κ3) is 4.70. The second-order valence-electron chi connectivity index (χ2n) is 6.74. The van der Waals surface area contributed by atoms with Crippen LogP contribution >= 0.6 is 0 Å². The number of carbonyl (C=O) groups is 1. The van der Waals surface area contributed by atoms with Crippen molar-refractivity contribution in [3.05, 3.63) is 0 Å². The Balaban J connectivity index is 2.34. The van der Waals surface area contributed by atoms with Crippen LogP contribution in [-0.4, -0.2) is 18.2 Å². The molecule has 0 heterocycles. The summed E-state index contributed by atoms with van der Waals surface area (Å²) >= 11 is 0. The summed E-state index contributed by atoms with van der Waals surface area (Å²) in [5.74, 6) is 0. The molecule has 1 saturated carbocycles. The Kier molecular flexibility index (Phi) is 6.15. The monoisotopic (exact) mass is 269 g/mol. The van der Waals surface area contributed by atoms with Crippen LogP contribution in [0.25, 0.3) is 0 Å². The molecule has 112 valence electrons. The Morgan fingerprint density at radius 1 is 1.11 bits per heavy atom. The predicted molar refractivity (Wildman–Crippen MR) is 79.3 cm³/mol. The van der Waals surface area contributed by atoms with Crippen molar-refractivity contribution in [1.29, 1.82) is 0 Å². The van der Waals surface area contributed by atoms with Gasteiger partial charge in [0.2, 0.25) is 0 Å². The van der Waals surface area contributed by atoms with E-state index in [0.717, 1.165) is 19.3 Å². The van der Waals surface area contributed by atoms with E-state index >= 15 is 0 Å². The molecule has 0 radical (unpaired) electrons. The molecule has 0 saturated heterocycles. The van der Waals surface area contributed by atoms with Gasteiger partial charge in [-0.15, -0.1) is 0 Å². The van der Waals surface area contributed by atoms with Gasteiger partial charge in [0.1, 0.15) is 0 Å². The number of ether oxygens (including phenoxy) is 1. The summed E-state index contributed by atoms with van der Waals surface area (Å²) in [6, 6.07) is 0. The van der Waals surface area contributed by atoms with E-state index in [9.17, 15) is 4.79 Å². The molecule has 0 spiro atoms. The summed E-state index contributed by atoms with van der Waals surface area (Å²) in [5, 5.41) is 3.12. The van der Waals surface area contributed by atoms with Crippen LogP contribution in [0.2, 0.25) is 0 Å². The van der Waals surface area contributed by atoms with Crippen molar-refractivity contribution in [1.82, 2.24) is 5.32 Å². The van der Waals surface area contributed by atoms with E-state index in [0.29, 0.717) is 6.61 Å². The summed E-state index contributed by atoms with van der Waals surface area (Å²) in [5.41, 5.74) is 0.0121. The first kappa shape index (κ1) is 16.3. The molecule has 1 unspecified atom stereocenters. The van der Waals surface area contributed by atoms with Crippen LogP contribution in [0.15, 0.2) is 0 Å². The van der Waals surface area contributed by atoms with Crippen LogP contribution < -0.4 is 5.32 Å². The smallest absolute Gasteiger partial charge is 0.407 e. The van der Waals surface area contributed by atoms with Crippen molar-refractivity contribution in [2.24, 2.45) is 5.41 Å². The zero-order valence-corrected chi connectivity index (χ0v) is 13.2. The van der Waals surface area contributed by atoms with Crippen molar-refractivity contribution < 1.29 is 9.53 Å². The highest BCUT2D eigenvalue weighted by Crippen LogP contribution is 2.43. The molecule has 0 aromatic rings. The molecule has 1 N–H and O–H groups in total. The SMILES string of the molecule is CCCCCCOC(=O)NC1(C)CCCCC1(C)C. The lowest BCUT2D eigenvalue weighted by Crippen LogP contribution is -2.57. The van der Waals surface area contributed by atoms with E-state index in [1.54, 1.807) is 0 Å². The number of unbranched alkanes of at least 4 members (excludes halogenated alkanes) is 3. The van der Waals surface area contributed by atoms with Crippen molar-refractivity contribution in [2.45, 2.75) is 84.6 Å². The first-order chi connectivity index (χ1) is 8.91. The van der Waals surface area contributed by atoms with Gasteiger partial charge >= 0.3 is 6.09 Å². The number of rotatable bonds is 6. The van der Waals surface area contributed by atoms with Crippen molar-refractivity contribution in [3.63, 3.8) is 0 Å². The Morgan fingerprint density at radius 2 is 1.79 bits per heavy atom. The third-order valence-electron chi connectivity index (χ3n) is 4.83. The van der Waals surface area contributed by atoms with Crippen LogP contribution in [0, 0.1) is 5.41 Å². The number of hydrogen-bond acceptors (Lipinski definition) is 2. The first-order valence-corrected chi connectivity index (χ1v) is 7.86. The third-order valence-corrected chi connectivity index (χ3v) is 4.83. The van der Waals surface area contributed by atoms with Crippen molar-refractivity contribution in [2.75, 3.05) is 6.61 Å². The Hall–Kier alpha value is -0.730. The minimum atomic E-state index is -0.242. The number of alkyl carbamates (subject to hydrolysis) is 1. The van der Waals surface area contributed by atoms with Gasteiger partial charge in [-0.2, -0.15) is 0 Å². The summed E-state index contributed by atoms with van der Waals surface area (Å²) < 4.78 is 5.30. The predicted octanol–water partition coefficient (Wildman–Crippen LogP) is 4.65. The summed E-state index contributed by atoms with van der Waals surface area (Å²) in [4.78, 5) is 11.9. The fourth-order valence-corrected chi connectivity index (χ4v) is 2.85. The average molecular weight is 269 g/mol. The van der Waals surface area contributed by atoms with Gasteiger partial charge in [0, 0.05) is 5.54 Å². The lowest BCUT2D eigenvalue weighted by Gasteiger charge is -2.48. The minimum absolute atomic E-state index is 0.133. The normalized spacial score (nSPS) is 25.9. The van der Waals surface area contributed by atoms with Gasteiger partial charge in [-0.1, -0.05) is 52.9 Å². The van der Waals surface area contributed by atoms with Gasteiger partial charge in [-0.05, 0) is 31.6 Å². The topological polar surface area (TPSA) is 38.3 Å². The molecule has 1 atom stereocenters. The molecule has 1 amide bonds. The fourth-order valence-electron chi connectivity index (χ4n) is 2.85. The minimum Gasteiger partial charge on any atom is -0.450 e. The van der Waals surface area contributed by atoms with E-state index in [1.165, 1.54) is 32.1 Å². The molecule has 0 aromatic carbocycles. The van der Waals surface area contributed by atoms with E-state index < -0.39 is 0 Å². The molecule has 0 aromatic heterocycles. The quantitative estimate of drug-likeness (QED) is 0.713. The van der Waals surface area contributed by atoms with Gasteiger partial charge in [0.15, 0.2) is 0 Å². The lowest BCUT2D eigenvalue weighted by atomic mass is 9.64. The van der Waals surface area contributed by atoms with Gasteiger partial charge < -0.3 is 10.1 Å². The molecule has 1 rings (SSSR count). The Labute approximate surface area is 118 Å². The maximum atomic E-state index is 11.9. The summed E-state index contributed by atoms with van der Waals surface area (Å²) in [7, 11) is 0. The number of hydrogen-bond donors (Lipinski definition) is 1. The Morgan fingerprint density at radius 3 is 2.42 bits per heavy atom. The van der Waals surface area contributed by atoms with Crippen LogP contribution in [-0.2, 0) is 4.74 Å². The Bertz CT molecular complexity index is 288. The van der Waals surface area contributed by atoms with Crippen molar-refractivity contribution >= 4 is 6.09 Å². The van der Waals surface area contributed by atoms with Crippen LogP contribution in [0.4, 0.5) is 4.79 Å². The highest BCUT2D eigenvalue weighted by Gasteiger charge is 2.44. The van der Waals surface area contributed by atoms with Gasteiger partial charge in [0.25, 0.3) is 0 Å². The van der Waals surface area contributed by atoms with E-state index in [-0.39, 0.29) is 17.0 Å². The van der Waals surface area contributed by atoms with Crippen LogP contribution in [0.1, 0.15) is 79.1 Å². The zero-order valence-electron chi connectivity index (χ0n) is 13.2. The second-order valence-corrected chi connectivity index (χ2v) is 6.74. The maximum Gasteiger partial charge on any atom is 0.407 e. The van der Waals surface area contributed by atoms with E-state index in [1.807, 2.05) is 0 Å². The molecule has 1 fully saturated rings. The maximum absolute atomic E-state index is 11.9. The zero-order chi connectivity index (χ0) is 14.4. The lowest BCUT2D eigenvalue weighted by molar-refractivity contribution is 0.0633. The molecular formula is C16H31NO2. The average Bonchev–Trinajstić information content (AvgIpc) is 2.33. The fraction of sp³-hybridized carbons (Fsp3) is 0.938. The number of carbonyl (C=O) groups excluding carboxylic acids is 1. The van der Waals surface area contributed by atoms with Gasteiger partial charge in [-0.25, -0.2) is 4.79 Å². The summed E-state index contributed by atoms with van der Waals surface area (Å²) in [6.07, 6.45) is 8.97. The van der Waals surface area contributed by atoms with Gasteiger partial charge in [0.05, 0.1) is 6.61 Å². The molecule has 3 nitrogen and oxygen atoms in total. The highest BCUT2D eigenvalue weighted by atomic mass is 16.5. The summed E-state index contributed by atoms with van der Waals surface area (Å²) in [6.45, 7) is 9.37. The molecular weight excluding hydrogens is 238 g/mol.